The number of nitrogens with one attached hydrogen (secondary N) is 1. The summed E-state index contributed by atoms with van der Waals surface area (Å²) < 4.78 is 0. The molecule has 5 heteroatoms. The molecule has 3 fully saturated rings. The molecule has 3 aliphatic rings. The van der Waals surface area contributed by atoms with Crippen molar-refractivity contribution >= 4 is 6.03 Å². The maximum Gasteiger partial charge on any atom is 0.317 e. The van der Waals surface area contributed by atoms with Crippen LogP contribution in [0.25, 0.3) is 0 Å². The maximum absolute atomic E-state index is 12.6. The lowest BCUT2D eigenvalue weighted by Gasteiger charge is -2.37. The van der Waals surface area contributed by atoms with Gasteiger partial charge in [0.1, 0.15) is 0 Å². The molecule has 2 heterocycles. The Morgan fingerprint density at radius 1 is 0.917 bits per heavy atom. The number of piperidine rings is 1. The van der Waals surface area contributed by atoms with Crippen molar-refractivity contribution in [2.24, 2.45) is 5.92 Å². The SMILES string of the molecule is O=C(NC1CCC(O)CC1)N1CCCC(CN2CCCCCC2)C1. The van der Waals surface area contributed by atoms with Gasteiger partial charge in [0.25, 0.3) is 0 Å². The van der Waals surface area contributed by atoms with E-state index in [0.29, 0.717) is 5.92 Å². The predicted molar refractivity (Wildman–Crippen MR) is 96.0 cm³/mol. The molecule has 2 saturated heterocycles. The van der Waals surface area contributed by atoms with Gasteiger partial charge in [0.05, 0.1) is 6.10 Å². The molecule has 0 bridgehead atoms. The van der Waals surface area contributed by atoms with Crippen LogP contribution in [0.4, 0.5) is 4.79 Å². The van der Waals surface area contributed by atoms with Crippen LogP contribution in [0, 0.1) is 5.92 Å². The van der Waals surface area contributed by atoms with E-state index in [1.54, 1.807) is 0 Å². The Morgan fingerprint density at radius 3 is 2.33 bits per heavy atom. The number of carbonyl (C=O) groups is 1. The second-order valence-electron chi connectivity index (χ2n) is 8.12. The standard InChI is InChI=1S/C19H35N3O2/c23-18-9-7-17(8-10-18)20-19(24)22-13-5-6-16(15-22)14-21-11-3-1-2-4-12-21/h16-18,23H,1-15H2,(H,20,24). The highest BCUT2D eigenvalue weighted by atomic mass is 16.3. The lowest BCUT2D eigenvalue weighted by Crippen LogP contribution is -2.51. The summed E-state index contributed by atoms with van der Waals surface area (Å²) >= 11 is 0. The van der Waals surface area contributed by atoms with E-state index in [1.165, 1.54) is 51.7 Å². The molecule has 0 spiro atoms. The Labute approximate surface area is 146 Å². The third-order valence-electron chi connectivity index (χ3n) is 6.05. The number of aliphatic hydroxyl groups is 1. The largest absolute Gasteiger partial charge is 0.393 e. The van der Waals surface area contributed by atoms with Crippen LogP contribution in [0.1, 0.15) is 64.2 Å². The first-order chi connectivity index (χ1) is 11.7. The Hall–Kier alpha value is -0.810. The predicted octanol–water partition coefficient (Wildman–Crippen LogP) is 2.59. The number of nitrogens with zero attached hydrogens (tertiary/aromatic N) is 2. The van der Waals surface area contributed by atoms with Gasteiger partial charge in [0.2, 0.25) is 0 Å². The van der Waals surface area contributed by atoms with E-state index < -0.39 is 0 Å². The Bertz CT molecular complexity index is 388. The third kappa shape index (κ3) is 5.35. The number of carbonyl (C=O) groups excluding carboxylic acids is 1. The summed E-state index contributed by atoms with van der Waals surface area (Å²) in [6.07, 6.45) is 11.1. The molecule has 0 aromatic heterocycles. The van der Waals surface area contributed by atoms with Gasteiger partial charge in [0, 0.05) is 25.7 Å². The number of aliphatic hydroxyl groups excluding tert-OH is 1. The van der Waals surface area contributed by atoms with Gasteiger partial charge >= 0.3 is 6.03 Å². The molecule has 2 aliphatic heterocycles. The molecule has 1 atom stereocenters. The average molecular weight is 338 g/mol. The molecule has 1 aliphatic carbocycles. The van der Waals surface area contributed by atoms with Crippen LogP contribution in [0.3, 0.4) is 0 Å². The highest BCUT2D eigenvalue weighted by molar-refractivity contribution is 5.74. The van der Waals surface area contributed by atoms with Crippen LogP contribution >= 0.6 is 0 Å². The number of hydrogen-bond acceptors (Lipinski definition) is 3. The van der Waals surface area contributed by atoms with Gasteiger partial charge < -0.3 is 20.2 Å². The Kier molecular flexibility index (Phi) is 6.78. The van der Waals surface area contributed by atoms with E-state index in [1.807, 2.05) is 4.90 Å². The van der Waals surface area contributed by atoms with Crippen LogP contribution in [-0.4, -0.2) is 65.8 Å². The Balaban J connectivity index is 1.43. The lowest BCUT2D eigenvalue weighted by molar-refractivity contribution is 0.110. The quantitative estimate of drug-likeness (QED) is 0.832. The van der Waals surface area contributed by atoms with Crippen molar-refractivity contribution in [3.8, 4) is 0 Å². The molecule has 2 amide bonds. The minimum atomic E-state index is -0.161. The first-order valence-corrected chi connectivity index (χ1v) is 10.2. The van der Waals surface area contributed by atoms with E-state index in [9.17, 15) is 9.90 Å². The zero-order chi connectivity index (χ0) is 16.8. The van der Waals surface area contributed by atoms with Crippen LogP contribution in [0.2, 0.25) is 0 Å². The van der Waals surface area contributed by atoms with Crippen molar-refractivity contribution in [3.05, 3.63) is 0 Å². The van der Waals surface area contributed by atoms with E-state index in [-0.39, 0.29) is 18.2 Å². The average Bonchev–Trinajstić information content (AvgIpc) is 2.86. The van der Waals surface area contributed by atoms with E-state index in [0.717, 1.165) is 45.2 Å². The summed E-state index contributed by atoms with van der Waals surface area (Å²) in [6, 6.07) is 0.379. The normalized spacial score (nSPS) is 33.0. The lowest BCUT2D eigenvalue weighted by atomic mass is 9.93. The second kappa shape index (κ2) is 9.04. The summed E-state index contributed by atoms with van der Waals surface area (Å²) in [5, 5.41) is 12.8. The summed E-state index contributed by atoms with van der Waals surface area (Å²) in [4.78, 5) is 17.2. The van der Waals surface area contributed by atoms with Crippen LogP contribution < -0.4 is 5.32 Å². The summed E-state index contributed by atoms with van der Waals surface area (Å²) in [5.41, 5.74) is 0. The molecule has 1 saturated carbocycles. The molecule has 5 nitrogen and oxygen atoms in total. The molecule has 3 rings (SSSR count). The van der Waals surface area contributed by atoms with Gasteiger partial charge in [-0.2, -0.15) is 0 Å². The fourth-order valence-electron chi connectivity index (χ4n) is 4.57. The van der Waals surface area contributed by atoms with Crippen molar-refractivity contribution in [1.29, 1.82) is 0 Å². The van der Waals surface area contributed by atoms with Gasteiger partial charge in [-0.1, -0.05) is 12.8 Å². The highest BCUT2D eigenvalue weighted by Gasteiger charge is 2.28. The molecular formula is C19H35N3O2. The summed E-state index contributed by atoms with van der Waals surface area (Å²) in [5.74, 6) is 0.635. The zero-order valence-corrected chi connectivity index (χ0v) is 15.1. The molecule has 0 radical (unpaired) electrons. The first-order valence-electron chi connectivity index (χ1n) is 10.2. The number of urea groups is 1. The maximum atomic E-state index is 12.6. The molecular weight excluding hydrogens is 302 g/mol. The van der Waals surface area contributed by atoms with Crippen molar-refractivity contribution in [2.75, 3.05) is 32.7 Å². The van der Waals surface area contributed by atoms with Crippen LogP contribution in [0.15, 0.2) is 0 Å². The summed E-state index contributed by atoms with van der Waals surface area (Å²) in [6.45, 7) is 5.47. The zero-order valence-electron chi connectivity index (χ0n) is 15.1. The third-order valence-corrected chi connectivity index (χ3v) is 6.05. The molecule has 24 heavy (non-hydrogen) atoms. The second-order valence-corrected chi connectivity index (χ2v) is 8.12. The smallest absolute Gasteiger partial charge is 0.317 e. The van der Waals surface area contributed by atoms with Gasteiger partial charge in [0.15, 0.2) is 0 Å². The molecule has 0 aromatic carbocycles. The van der Waals surface area contributed by atoms with Crippen molar-refractivity contribution in [3.63, 3.8) is 0 Å². The topological polar surface area (TPSA) is 55.8 Å². The van der Waals surface area contributed by atoms with Crippen LogP contribution in [0.5, 0.6) is 0 Å². The van der Waals surface area contributed by atoms with Gasteiger partial charge in [-0.15, -0.1) is 0 Å². The molecule has 138 valence electrons. The monoisotopic (exact) mass is 337 g/mol. The Morgan fingerprint density at radius 2 is 1.62 bits per heavy atom. The first kappa shape index (κ1) is 18.0. The molecule has 2 N–H and O–H groups in total. The fraction of sp³-hybridized carbons (Fsp3) is 0.947. The summed E-state index contributed by atoms with van der Waals surface area (Å²) in [7, 11) is 0. The number of amides is 2. The van der Waals surface area contributed by atoms with Crippen LogP contribution in [-0.2, 0) is 0 Å². The van der Waals surface area contributed by atoms with E-state index in [4.69, 9.17) is 0 Å². The van der Waals surface area contributed by atoms with Crippen molar-refractivity contribution < 1.29 is 9.90 Å². The molecule has 1 unspecified atom stereocenters. The van der Waals surface area contributed by atoms with E-state index in [2.05, 4.69) is 10.2 Å². The van der Waals surface area contributed by atoms with Gasteiger partial charge in [-0.05, 0) is 70.4 Å². The highest BCUT2D eigenvalue weighted by Crippen LogP contribution is 2.22. The minimum absolute atomic E-state index is 0.122. The number of likely N-dealkylation sites (tertiary alicyclic amines) is 2. The van der Waals surface area contributed by atoms with Crippen molar-refractivity contribution in [2.45, 2.75) is 76.4 Å². The van der Waals surface area contributed by atoms with Crippen molar-refractivity contribution in [1.82, 2.24) is 15.1 Å². The number of hydrogen-bond donors (Lipinski definition) is 2. The van der Waals surface area contributed by atoms with Gasteiger partial charge in [-0.25, -0.2) is 4.79 Å². The minimum Gasteiger partial charge on any atom is -0.393 e. The fourth-order valence-corrected chi connectivity index (χ4v) is 4.57. The number of rotatable bonds is 3. The van der Waals surface area contributed by atoms with Gasteiger partial charge in [-0.3, -0.25) is 0 Å². The molecule has 0 aromatic rings. The van der Waals surface area contributed by atoms with E-state index >= 15 is 0 Å².